The maximum Gasteiger partial charge on any atom is 0.295 e. The maximum absolute atomic E-state index is 12.9. The minimum Gasteiger partial charge on any atom is -0.370 e. The second-order valence-corrected chi connectivity index (χ2v) is 2.90. The van der Waals surface area contributed by atoms with Crippen LogP contribution in [0.5, 0.6) is 0 Å². The van der Waals surface area contributed by atoms with Gasteiger partial charge in [-0.3, -0.25) is 10.1 Å². The van der Waals surface area contributed by atoms with Crippen molar-refractivity contribution in [3.63, 3.8) is 0 Å². The van der Waals surface area contributed by atoms with Crippen molar-refractivity contribution in [2.75, 3.05) is 0 Å². The Bertz CT molecular complexity index is 509. The Balaban J connectivity index is 3.25. The first-order valence-corrected chi connectivity index (χ1v) is 4.28. The number of nitro groups is 1. The molecule has 0 heterocycles. The smallest absolute Gasteiger partial charge is 0.295 e. The standard InChI is InChI=1S/C8H9FN6O2/c9-4-1-2-6(15(16)17)5(3-4)13-8(12)14-7(10)11/h1-3H,(H6,10,11,12,13,14). The number of benzene rings is 1. The average molecular weight is 240 g/mol. The summed E-state index contributed by atoms with van der Waals surface area (Å²) in [7, 11) is 0. The molecule has 0 saturated heterocycles. The van der Waals surface area contributed by atoms with Crippen LogP contribution in [0.1, 0.15) is 0 Å². The lowest BCUT2D eigenvalue weighted by molar-refractivity contribution is -0.384. The van der Waals surface area contributed by atoms with Crippen LogP contribution in [0.4, 0.5) is 15.8 Å². The molecular formula is C8H9FN6O2. The Kier molecular flexibility index (Phi) is 3.55. The summed E-state index contributed by atoms with van der Waals surface area (Å²) in [5, 5.41) is 10.6. The van der Waals surface area contributed by atoms with Gasteiger partial charge in [-0.25, -0.2) is 9.38 Å². The summed E-state index contributed by atoms with van der Waals surface area (Å²) < 4.78 is 12.9. The van der Waals surface area contributed by atoms with E-state index in [1.165, 1.54) is 0 Å². The van der Waals surface area contributed by atoms with Gasteiger partial charge in [-0.2, -0.15) is 4.99 Å². The van der Waals surface area contributed by atoms with Crippen molar-refractivity contribution in [2.24, 2.45) is 27.2 Å². The van der Waals surface area contributed by atoms with Gasteiger partial charge in [-0.15, -0.1) is 0 Å². The summed E-state index contributed by atoms with van der Waals surface area (Å²) in [4.78, 5) is 16.8. The van der Waals surface area contributed by atoms with Crippen LogP contribution in [0.25, 0.3) is 0 Å². The molecule has 0 radical (unpaired) electrons. The van der Waals surface area contributed by atoms with E-state index < -0.39 is 22.4 Å². The SMILES string of the molecule is NC(N)=NC(N)=Nc1cc(F)ccc1[N+](=O)[O-]. The summed E-state index contributed by atoms with van der Waals surface area (Å²) in [5.41, 5.74) is 14.7. The van der Waals surface area contributed by atoms with Crippen LogP contribution < -0.4 is 17.2 Å². The van der Waals surface area contributed by atoms with E-state index in [0.29, 0.717) is 0 Å². The van der Waals surface area contributed by atoms with Crippen molar-refractivity contribution >= 4 is 23.3 Å². The molecule has 1 aromatic carbocycles. The van der Waals surface area contributed by atoms with Crippen LogP contribution in [-0.4, -0.2) is 16.8 Å². The fraction of sp³-hybridized carbons (Fsp3) is 0. The molecule has 0 bridgehead atoms. The number of hydrogen-bond acceptors (Lipinski definition) is 3. The molecule has 0 aliphatic rings. The summed E-state index contributed by atoms with van der Waals surface area (Å²) in [5.74, 6) is -1.45. The molecular weight excluding hydrogens is 231 g/mol. The second-order valence-electron chi connectivity index (χ2n) is 2.90. The molecule has 8 nitrogen and oxygen atoms in total. The fourth-order valence-electron chi connectivity index (χ4n) is 1.02. The van der Waals surface area contributed by atoms with Gasteiger partial charge in [0.15, 0.2) is 5.96 Å². The van der Waals surface area contributed by atoms with Crippen LogP contribution >= 0.6 is 0 Å². The number of nitro benzene ring substituents is 1. The Morgan fingerprint density at radius 1 is 1.35 bits per heavy atom. The van der Waals surface area contributed by atoms with Gasteiger partial charge >= 0.3 is 0 Å². The Morgan fingerprint density at radius 2 is 2.00 bits per heavy atom. The van der Waals surface area contributed by atoms with E-state index in [1.54, 1.807) is 0 Å². The molecule has 0 aliphatic heterocycles. The summed E-state index contributed by atoms with van der Waals surface area (Å²) >= 11 is 0. The third-order valence-corrected chi connectivity index (χ3v) is 1.61. The van der Waals surface area contributed by atoms with Crippen molar-refractivity contribution in [3.8, 4) is 0 Å². The molecule has 17 heavy (non-hydrogen) atoms. The molecule has 6 N–H and O–H groups in total. The summed E-state index contributed by atoms with van der Waals surface area (Å²) in [6, 6.07) is 2.76. The minimum atomic E-state index is -0.721. The minimum absolute atomic E-state index is 0.266. The highest BCUT2D eigenvalue weighted by molar-refractivity contribution is 5.94. The van der Waals surface area contributed by atoms with Gasteiger partial charge in [0, 0.05) is 12.1 Å². The third kappa shape index (κ3) is 3.41. The normalized spacial score (nSPS) is 11.0. The van der Waals surface area contributed by atoms with Crippen LogP contribution in [-0.2, 0) is 0 Å². The van der Waals surface area contributed by atoms with E-state index in [-0.39, 0.29) is 11.6 Å². The van der Waals surface area contributed by atoms with Crippen molar-refractivity contribution < 1.29 is 9.31 Å². The van der Waals surface area contributed by atoms with Gasteiger partial charge in [0.1, 0.15) is 11.5 Å². The Morgan fingerprint density at radius 3 is 2.53 bits per heavy atom. The van der Waals surface area contributed by atoms with Crippen LogP contribution in [0.3, 0.4) is 0 Å². The molecule has 0 atom stereocenters. The number of hydrogen-bond donors (Lipinski definition) is 3. The molecule has 1 rings (SSSR count). The largest absolute Gasteiger partial charge is 0.370 e. The van der Waals surface area contributed by atoms with Crippen LogP contribution in [0.15, 0.2) is 28.2 Å². The van der Waals surface area contributed by atoms with Gasteiger partial charge in [0.05, 0.1) is 4.92 Å². The highest BCUT2D eigenvalue weighted by Gasteiger charge is 2.14. The van der Waals surface area contributed by atoms with Crippen molar-refractivity contribution in [2.45, 2.75) is 0 Å². The van der Waals surface area contributed by atoms with Gasteiger partial charge < -0.3 is 17.2 Å². The Hall–Kier alpha value is -2.71. The lowest BCUT2D eigenvalue weighted by Gasteiger charge is -1.98. The lowest BCUT2D eigenvalue weighted by Crippen LogP contribution is -2.26. The van der Waals surface area contributed by atoms with Gasteiger partial charge in [0.25, 0.3) is 5.69 Å². The van der Waals surface area contributed by atoms with E-state index in [1.807, 2.05) is 0 Å². The molecule has 0 saturated carbocycles. The number of aliphatic imine (C=N–C) groups is 2. The number of rotatable bonds is 2. The van der Waals surface area contributed by atoms with E-state index in [9.17, 15) is 14.5 Å². The predicted octanol–water partition coefficient (Wildman–Crippen LogP) is -0.0465. The van der Waals surface area contributed by atoms with E-state index in [2.05, 4.69) is 9.98 Å². The molecule has 0 spiro atoms. The van der Waals surface area contributed by atoms with E-state index in [4.69, 9.17) is 17.2 Å². The molecule has 1 aromatic rings. The number of nitrogens with zero attached hydrogens (tertiary/aromatic N) is 3. The molecule has 0 unspecified atom stereocenters. The predicted molar refractivity (Wildman–Crippen MR) is 60.1 cm³/mol. The molecule has 90 valence electrons. The lowest BCUT2D eigenvalue weighted by atomic mass is 10.2. The van der Waals surface area contributed by atoms with Crippen molar-refractivity contribution in [1.82, 2.24) is 0 Å². The van der Waals surface area contributed by atoms with Crippen molar-refractivity contribution in [1.29, 1.82) is 0 Å². The zero-order chi connectivity index (χ0) is 13.0. The van der Waals surface area contributed by atoms with Gasteiger partial charge in [-0.05, 0) is 6.07 Å². The second kappa shape index (κ2) is 4.88. The van der Waals surface area contributed by atoms with Crippen LogP contribution in [0.2, 0.25) is 0 Å². The third-order valence-electron chi connectivity index (χ3n) is 1.61. The summed E-state index contributed by atoms with van der Waals surface area (Å²) in [6.45, 7) is 0. The number of halogens is 1. The Labute approximate surface area is 94.8 Å². The first kappa shape index (κ1) is 12.4. The van der Waals surface area contributed by atoms with E-state index in [0.717, 1.165) is 18.2 Å². The monoisotopic (exact) mass is 240 g/mol. The zero-order valence-electron chi connectivity index (χ0n) is 8.50. The van der Waals surface area contributed by atoms with Crippen LogP contribution in [0, 0.1) is 15.9 Å². The topological polar surface area (TPSA) is 146 Å². The van der Waals surface area contributed by atoms with Gasteiger partial charge in [-0.1, -0.05) is 0 Å². The quantitative estimate of drug-likeness (QED) is 0.287. The van der Waals surface area contributed by atoms with E-state index >= 15 is 0 Å². The van der Waals surface area contributed by atoms with Gasteiger partial charge in [0.2, 0.25) is 5.96 Å². The zero-order valence-corrected chi connectivity index (χ0v) is 8.50. The maximum atomic E-state index is 12.9. The molecule has 0 fully saturated rings. The molecule has 0 aromatic heterocycles. The first-order chi connectivity index (χ1) is 7.90. The highest BCUT2D eigenvalue weighted by Crippen LogP contribution is 2.27. The molecule has 9 heteroatoms. The first-order valence-electron chi connectivity index (χ1n) is 4.28. The average Bonchev–Trinajstić information content (AvgIpc) is 2.15. The fourth-order valence-corrected chi connectivity index (χ4v) is 1.02. The molecule has 0 aliphatic carbocycles. The number of nitrogens with two attached hydrogens (primary N) is 3. The summed E-state index contributed by atoms with van der Waals surface area (Å²) in [6.07, 6.45) is 0. The highest BCUT2D eigenvalue weighted by atomic mass is 19.1. The van der Waals surface area contributed by atoms with Crippen molar-refractivity contribution in [3.05, 3.63) is 34.1 Å². The molecule has 0 amide bonds. The number of guanidine groups is 2.